The van der Waals surface area contributed by atoms with Crippen molar-refractivity contribution in [1.29, 1.82) is 0 Å². The minimum Gasteiger partial charge on any atom is -0.486 e. The summed E-state index contributed by atoms with van der Waals surface area (Å²) >= 11 is 4.83. The Morgan fingerprint density at radius 3 is 2.72 bits per heavy atom. The average molecular weight is 572 g/mol. The van der Waals surface area contributed by atoms with Gasteiger partial charge in [0.15, 0.2) is 15.4 Å². The number of ether oxygens (including phenoxy) is 3. The standard InChI is InChI=1S/C26H26BrN3O5S/c1-16-5-9-18(10-6-16)22-24(29-25(27)36-22)35-26(32)30(15-17-7-8-17)12-11-28-23(31)19-3-2-4-20-21(19)34-14-13-33-20/h2-6,9-10,17H,7-8,11-15H2,1H3,(H,28,31). The molecule has 1 aliphatic carbocycles. The van der Waals surface area contributed by atoms with Gasteiger partial charge in [0.25, 0.3) is 5.91 Å². The first-order chi connectivity index (χ1) is 17.5. The summed E-state index contributed by atoms with van der Waals surface area (Å²) < 4.78 is 17.6. The van der Waals surface area contributed by atoms with Gasteiger partial charge >= 0.3 is 6.09 Å². The van der Waals surface area contributed by atoms with Crippen LogP contribution in [0.4, 0.5) is 4.79 Å². The van der Waals surface area contributed by atoms with E-state index in [9.17, 15) is 9.59 Å². The van der Waals surface area contributed by atoms with E-state index in [1.54, 1.807) is 23.1 Å². The molecule has 8 nitrogen and oxygen atoms in total. The molecular weight excluding hydrogens is 546 g/mol. The zero-order valence-electron chi connectivity index (χ0n) is 19.8. The Hall–Kier alpha value is -3.11. The summed E-state index contributed by atoms with van der Waals surface area (Å²) in [6.45, 7) is 4.05. The Morgan fingerprint density at radius 2 is 1.94 bits per heavy atom. The van der Waals surface area contributed by atoms with Crippen LogP contribution in [0.1, 0.15) is 28.8 Å². The van der Waals surface area contributed by atoms with E-state index in [1.807, 2.05) is 31.2 Å². The molecule has 0 atom stereocenters. The number of benzene rings is 2. The van der Waals surface area contributed by atoms with Crippen molar-refractivity contribution in [3.63, 3.8) is 0 Å². The van der Waals surface area contributed by atoms with E-state index >= 15 is 0 Å². The fourth-order valence-corrected chi connectivity index (χ4v) is 5.28. The second-order valence-electron chi connectivity index (χ2n) is 8.81. The number of nitrogens with one attached hydrogen (secondary N) is 1. The lowest BCUT2D eigenvalue weighted by molar-refractivity contribution is 0.0933. The van der Waals surface area contributed by atoms with Crippen LogP contribution in [-0.4, -0.2) is 54.7 Å². The molecule has 1 saturated carbocycles. The average Bonchev–Trinajstić information content (AvgIpc) is 3.63. The highest BCUT2D eigenvalue weighted by Gasteiger charge is 2.29. The fraction of sp³-hybridized carbons (Fsp3) is 0.346. The van der Waals surface area contributed by atoms with Gasteiger partial charge in [0, 0.05) is 19.6 Å². The predicted molar refractivity (Wildman–Crippen MR) is 140 cm³/mol. The van der Waals surface area contributed by atoms with Crippen molar-refractivity contribution >= 4 is 39.3 Å². The molecule has 188 valence electrons. The van der Waals surface area contributed by atoms with Crippen molar-refractivity contribution in [2.45, 2.75) is 19.8 Å². The molecule has 1 aliphatic heterocycles. The van der Waals surface area contributed by atoms with Crippen LogP contribution >= 0.6 is 27.3 Å². The van der Waals surface area contributed by atoms with Crippen molar-refractivity contribution in [3.8, 4) is 27.8 Å². The van der Waals surface area contributed by atoms with E-state index in [0.717, 1.165) is 28.8 Å². The van der Waals surface area contributed by atoms with Crippen LogP contribution in [0.25, 0.3) is 10.4 Å². The normalized spacial score (nSPS) is 14.3. The molecule has 0 saturated heterocycles. The van der Waals surface area contributed by atoms with E-state index in [4.69, 9.17) is 14.2 Å². The number of hydrogen-bond donors (Lipinski definition) is 1. The summed E-state index contributed by atoms with van der Waals surface area (Å²) in [5.41, 5.74) is 2.50. The molecule has 2 aromatic carbocycles. The number of rotatable bonds is 8. The number of aryl methyl sites for hydroxylation is 1. The molecule has 1 fully saturated rings. The van der Waals surface area contributed by atoms with Crippen molar-refractivity contribution in [2.24, 2.45) is 5.92 Å². The highest BCUT2D eigenvalue weighted by molar-refractivity contribution is 9.11. The predicted octanol–water partition coefficient (Wildman–Crippen LogP) is 5.29. The first-order valence-electron chi connectivity index (χ1n) is 11.8. The third-order valence-electron chi connectivity index (χ3n) is 5.98. The number of thiazole rings is 1. The summed E-state index contributed by atoms with van der Waals surface area (Å²) in [7, 11) is 0. The molecule has 1 N–H and O–H groups in total. The van der Waals surface area contributed by atoms with Crippen molar-refractivity contribution in [1.82, 2.24) is 15.2 Å². The SMILES string of the molecule is Cc1ccc(-c2sc(Br)nc2OC(=O)N(CCNC(=O)c2cccc3c2OCCO3)CC2CC2)cc1. The van der Waals surface area contributed by atoms with Crippen molar-refractivity contribution in [2.75, 3.05) is 32.8 Å². The van der Waals surface area contributed by atoms with Crippen LogP contribution in [-0.2, 0) is 0 Å². The van der Waals surface area contributed by atoms with Gasteiger partial charge in [-0.15, -0.1) is 11.3 Å². The Morgan fingerprint density at radius 1 is 1.17 bits per heavy atom. The van der Waals surface area contributed by atoms with Gasteiger partial charge in [0.05, 0.1) is 10.4 Å². The summed E-state index contributed by atoms with van der Waals surface area (Å²) in [4.78, 5) is 32.8. The second-order valence-corrected chi connectivity index (χ2v) is 11.1. The van der Waals surface area contributed by atoms with E-state index < -0.39 is 6.09 Å². The first kappa shape index (κ1) is 24.6. The van der Waals surface area contributed by atoms with Crippen LogP contribution < -0.4 is 19.5 Å². The van der Waals surface area contributed by atoms with Crippen molar-refractivity contribution < 1.29 is 23.8 Å². The zero-order chi connectivity index (χ0) is 25.1. The maximum Gasteiger partial charge on any atom is 0.416 e. The highest BCUT2D eigenvalue weighted by atomic mass is 79.9. The molecular formula is C26H26BrN3O5S. The highest BCUT2D eigenvalue weighted by Crippen LogP contribution is 2.39. The minimum atomic E-state index is -0.476. The Labute approximate surface area is 221 Å². The topological polar surface area (TPSA) is 90.0 Å². The van der Waals surface area contributed by atoms with E-state index in [0.29, 0.717) is 53.2 Å². The number of carbonyl (C=O) groups excluding carboxylic acids is 2. The number of halogens is 1. The number of amides is 2. The van der Waals surface area contributed by atoms with Gasteiger partial charge < -0.3 is 24.4 Å². The summed E-state index contributed by atoms with van der Waals surface area (Å²) in [5, 5.41) is 2.89. The van der Waals surface area contributed by atoms with Crippen LogP contribution in [0.5, 0.6) is 17.4 Å². The van der Waals surface area contributed by atoms with Crippen LogP contribution in [0, 0.1) is 12.8 Å². The number of para-hydroxylation sites is 1. The van der Waals surface area contributed by atoms with Gasteiger partial charge in [-0.3, -0.25) is 4.79 Å². The summed E-state index contributed by atoms with van der Waals surface area (Å²) in [6, 6.07) is 13.2. The molecule has 2 aliphatic rings. The molecule has 3 aromatic rings. The Kier molecular flexibility index (Phi) is 7.43. The van der Waals surface area contributed by atoms with Crippen LogP contribution in [0.3, 0.4) is 0 Å². The minimum absolute atomic E-state index is 0.275. The van der Waals surface area contributed by atoms with Gasteiger partial charge in [-0.1, -0.05) is 35.9 Å². The number of carbonyl (C=O) groups is 2. The molecule has 2 amide bonds. The molecule has 0 unspecified atom stereocenters. The molecule has 0 bridgehead atoms. The summed E-state index contributed by atoms with van der Waals surface area (Å²) in [5.74, 6) is 1.47. The molecule has 0 radical (unpaired) electrons. The smallest absolute Gasteiger partial charge is 0.416 e. The largest absolute Gasteiger partial charge is 0.486 e. The molecule has 10 heteroatoms. The number of nitrogens with zero attached hydrogens (tertiary/aromatic N) is 2. The Bertz CT molecular complexity index is 1260. The quantitative estimate of drug-likeness (QED) is 0.395. The van der Waals surface area contributed by atoms with Gasteiger partial charge in [0.2, 0.25) is 5.88 Å². The second kappa shape index (κ2) is 10.9. The molecule has 36 heavy (non-hydrogen) atoms. The zero-order valence-corrected chi connectivity index (χ0v) is 22.2. The third-order valence-corrected chi connectivity index (χ3v) is 7.52. The van der Waals surface area contributed by atoms with Gasteiger partial charge in [-0.05, 0) is 59.3 Å². The maximum atomic E-state index is 13.2. The monoisotopic (exact) mass is 571 g/mol. The lowest BCUT2D eigenvalue weighted by atomic mass is 10.1. The fourth-order valence-electron chi connectivity index (χ4n) is 3.91. The van der Waals surface area contributed by atoms with Crippen LogP contribution in [0.2, 0.25) is 0 Å². The number of hydrogen-bond acceptors (Lipinski definition) is 7. The van der Waals surface area contributed by atoms with Crippen LogP contribution in [0.15, 0.2) is 46.4 Å². The molecule has 0 spiro atoms. The lowest BCUT2D eigenvalue weighted by Gasteiger charge is -2.23. The van der Waals surface area contributed by atoms with Gasteiger partial charge in [0.1, 0.15) is 13.2 Å². The van der Waals surface area contributed by atoms with E-state index in [2.05, 4.69) is 26.2 Å². The third kappa shape index (κ3) is 5.82. The number of aromatic nitrogens is 1. The van der Waals surface area contributed by atoms with E-state index in [1.165, 1.54) is 11.3 Å². The number of fused-ring (bicyclic) bond motifs is 1. The first-order valence-corrected chi connectivity index (χ1v) is 13.5. The molecule has 2 heterocycles. The van der Waals surface area contributed by atoms with Gasteiger partial charge in [-0.2, -0.15) is 4.98 Å². The van der Waals surface area contributed by atoms with Crippen molar-refractivity contribution in [3.05, 3.63) is 57.5 Å². The maximum absolute atomic E-state index is 13.2. The Balaban J connectivity index is 1.24. The van der Waals surface area contributed by atoms with Gasteiger partial charge in [-0.25, -0.2) is 4.79 Å². The molecule has 5 rings (SSSR count). The summed E-state index contributed by atoms with van der Waals surface area (Å²) in [6.07, 6.45) is 1.69. The lowest BCUT2D eigenvalue weighted by Crippen LogP contribution is -2.41. The van der Waals surface area contributed by atoms with E-state index in [-0.39, 0.29) is 18.3 Å². The molecule has 1 aromatic heterocycles.